The molecule has 1 saturated carbocycles. The van der Waals surface area contributed by atoms with Crippen LogP contribution in [0.1, 0.15) is 42.5 Å². The molecular formula is C15H18O3. The number of esters is 1. The Morgan fingerprint density at radius 1 is 1.22 bits per heavy atom. The standard InChI is InChI=1S/C15H18O3/c16-14-9-5-4-6-12(14)10-11-18-15(17)13-7-2-1-3-8-13/h1-3,7-8,12H,4-6,9-11H2. The quantitative estimate of drug-likeness (QED) is 0.767. The monoisotopic (exact) mass is 246 g/mol. The molecule has 0 radical (unpaired) electrons. The van der Waals surface area contributed by atoms with E-state index in [2.05, 4.69) is 0 Å². The summed E-state index contributed by atoms with van der Waals surface area (Å²) in [4.78, 5) is 23.3. The molecule has 0 bridgehead atoms. The maximum Gasteiger partial charge on any atom is 0.338 e. The van der Waals surface area contributed by atoms with Gasteiger partial charge in [0.2, 0.25) is 0 Å². The molecule has 0 heterocycles. The van der Waals surface area contributed by atoms with E-state index >= 15 is 0 Å². The second kappa shape index (κ2) is 6.34. The highest BCUT2D eigenvalue weighted by atomic mass is 16.5. The van der Waals surface area contributed by atoms with Crippen LogP contribution in [0.5, 0.6) is 0 Å². The molecule has 1 atom stereocenters. The van der Waals surface area contributed by atoms with Crippen LogP contribution in [0, 0.1) is 5.92 Å². The zero-order valence-corrected chi connectivity index (χ0v) is 10.4. The lowest BCUT2D eigenvalue weighted by Gasteiger charge is -2.19. The van der Waals surface area contributed by atoms with E-state index in [1.54, 1.807) is 24.3 Å². The number of Topliss-reactive ketones (excluding diaryl/α,β-unsaturated/α-hetero) is 1. The maximum absolute atomic E-state index is 11.7. The number of hydrogen-bond acceptors (Lipinski definition) is 3. The van der Waals surface area contributed by atoms with Crippen LogP contribution in [-0.2, 0) is 9.53 Å². The molecule has 0 aliphatic heterocycles. The van der Waals surface area contributed by atoms with Gasteiger partial charge in [0.05, 0.1) is 12.2 Å². The van der Waals surface area contributed by atoms with Crippen molar-refractivity contribution in [1.82, 2.24) is 0 Å². The summed E-state index contributed by atoms with van der Waals surface area (Å²) in [5.74, 6) is 0.123. The number of ketones is 1. The van der Waals surface area contributed by atoms with Crippen LogP contribution < -0.4 is 0 Å². The molecule has 0 saturated heterocycles. The molecule has 1 fully saturated rings. The molecule has 3 nitrogen and oxygen atoms in total. The number of ether oxygens (including phenoxy) is 1. The third kappa shape index (κ3) is 3.42. The number of carbonyl (C=O) groups is 2. The highest BCUT2D eigenvalue weighted by Crippen LogP contribution is 2.23. The molecule has 18 heavy (non-hydrogen) atoms. The molecule has 3 heteroatoms. The van der Waals surface area contributed by atoms with Gasteiger partial charge in [0.25, 0.3) is 0 Å². The Morgan fingerprint density at radius 2 is 2.00 bits per heavy atom. The predicted molar refractivity (Wildman–Crippen MR) is 68.3 cm³/mol. The number of hydrogen-bond donors (Lipinski definition) is 0. The van der Waals surface area contributed by atoms with E-state index in [1.165, 1.54) is 0 Å². The van der Waals surface area contributed by atoms with Crippen molar-refractivity contribution in [2.24, 2.45) is 5.92 Å². The summed E-state index contributed by atoms with van der Waals surface area (Å²) in [7, 11) is 0. The molecule has 0 spiro atoms. The molecular weight excluding hydrogens is 228 g/mol. The molecule has 0 amide bonds. The van der Waals surface area contributed by atoms with Crippen LogP contribution in [0.15, 0.2) is 30.3 Å². The Kier molecular flexibility index (Phi) is 4.51. The fraction of sp³-hybridized carbons (Fsp3) is 0.467. The summed E-state index contributed by atoms with van der Waals surface area (Å²) >= 11 is 0. The van der Waals surface area contributed by atoms with Gasteiger partial charge in [-0.05, 0) is 31.4 Å². The normalized spacial score (nSPS) is 19.6. The Labute approximate surface area is 107 Å². The predicted octanol–water partition coefficient (Wildman–Crippen LogP) is 2.99. The van der Waals surface area contributed by atoms with E-state index < -0.39 is 0 Å². The minimum Gasteiger partial charge on any atom is -0.462 e. The lowest BCUT2D eigenvalue weighted by Crippen LogP contribution is -2.21. The largest absolute Gasteiger partial charge is 0.462 e. The SMILES string of the molecule is O=C(OCCC1CCCCC1=O)c1ccccc1. The Hall–Kier alpha value is -1.64. The first-order valence-corrected chi connectivity index (χ1v) is 6.52. The summed E-state index contributed by atoms with van der Waals surface area (Å²) in [6.45, 7) is 0.337. The highest BCUT2D eigenvalue weighted by Gasteiger charge is 2.22. The first-order chi connectivity index (χ1) is 8.77. The summed E-state index contributed by atoms with van der Waals surface area (Å²) in [6.07, 6.45) is 4.43. The number of benzene rings is 1. The number of rotatable bonds is 4. The van der Waals surface area contributed by atoms with Gasteiger partial charge in [-0.2, -0.15) is 0 Å². The zero-order chi connectivity index (χ0) is 12.8. The first kappa shape index (κ1) is 12.8. The van der Waals surface area contributed by atoms with Crippen molar-refractivity contribution >= 4 is 11.8 Å². The van der Waals surface area contributed by atoms with Gasteiger partial charge in [0.15, 0.2) is 0 Å². The fourth-order valence-corrected chi connectivity index (χ4v) is 2.31. The van der Waals surface area contributed by atoms with Crippen LogP contribution in [0.25, 0.3) is 0 Å². The minimum absolute atomic E-state index is 0.0994. The smallest absolute Gasteiger partial charge is 0.338 e. The van der Waals surface area contributed by atoms with E-state index in [4.69, 9.17) is 4.74 Å². The molecule has 0 aromatic heterocycles. The van der Waals surface area contributed by atoms with Gasteiger partial charge in [-0.15, -0.1) is 0 Å². The highest BCUT2D eigenvalue weighted by molar-refractivity contribution is 5.89. The average Bonchev–Trinajstić information content (AvgIpc) is 2.42. The second-order valence-electron chi connectivity index (χ2n) is 4.70. The lowest BCUT2D eigenvalue weighted by atomic mass is 9.86. The van der Waals surface area contributed by atoms with E-state index in [0.717, 1.165) is 19.3 Å². The molecule has 96 valence electrons. The van der Waals surface area contributed by atoms with E-state index in [-0.39, 0.29) is 11.9 Å². The van der Waals surface area contributed by atoms with Crippen LogP contribution >= 0.6 is 0 Å². The Balaban J connectivity index is 1.75. The molecule has 1 aromatic rings. The van der Waals surface area contributed by atoms with Crippen LogP contribution in [0.4, 0.5) is 0 Å². The summed E-state index contributed by atoms with van der Waals surface area (Å²) < 4.78 is 5.19. The van der Waals surface area contributed by atoms with Crippen molar-refractivity contribution in [3.8, 4) is 0 Å². The van der Waals surface area contributed by atoms with Gasteiger partial charge in [0, 0.05) is 12.3 Å². The van der Waals surface area contributed by atoms with Crippen molar-refractivity contribution in [1.29, 1.82) is 0 Å². The van der Waals surface area contributed by atoms with Crippen molar-refractivity contribution in [2.45, 2.75) is 32.1 Å². The summed E-state index contributed by atoms with van der Waals surface area (Å²) in [5.41, 5.74) is 0.562. The summed E-state index contributed by atoms with van der Waals surface area (Å²) in [6, 6.07) is 8.93. The van der Waals surface area contributed by atoms with Crippen LogP contribution in [0.3, 0.4) is 0 Å². The van der Waals surface area contributed by atoms with E-state index in [1.807, 2.05) is 6.07 Å². The van der Waals surface area contributed by atoms with Crippen molar-refractivity contribution in [2.75, 3.05) is 6.61 Å². The van der Waals surface area contributed by atoms with Gasteiger partial charge in [0.1, 0.15) is 5.78 Å². The van der Waals surface area contributed by atoms with Crippen LogP contribution in [0.2, 0.25) is 0 Å². The number of carbonyl (C=O) groups excluding carboxylic acids is 2. The van der Waals surface area contributed by atoms with Crippen molar-refractivity contribution < 1.29 is 14.3 Å². The Bertz CT molecular complexity index is 411. The van der Waals surface area contributed by atoms with Crippen LogP contribution in [-0.4, -0.2) is 18.4 Å². The first-order valence-electron chi connectivity index (χ1n) is 6.52. The fourth-order valence-electron chi connectivity index (χ4n) is 2.31. The van der Waals surface area contributed by atoms with Gasteiger partial charge in [-0.1, -0.05) is 24.6 Å². The third-order valence-corrected chi connectivity index (χ3v) is 3.39. The van der Waals surface area contributed by atoms with Gasteiger partial charge >= 0.3 is 5.97 Å². The van der Waals surface area contributed by atoms with Crippen molar-refractivity contribution in [3.63, 3.8) is 0 Å². The van der Waals surface area contributed by atoms with Gasteiger partial charge in [-0.3, -0.25) is 4.79 Å². The molecule has 1 aliphatic carbocycles. The average molecular weight is 246 g/mol. The van der Waals surface area contributed by atoms with Crippen molar-refractivity contribution in [3.05, 3.63) is 35.9 Å². The molecule has 1 unspecified atom stereocenters. The molecule has 0 N–H and O–H groups in total. The topological polar surface area (TPSA) is 43.4 Å². The van der Waals surface area contributed by atoms with Gasteiger partial charge < -0.3 is 4.74 Å². The Morgan fingerprint density at radius 3 is 2.72 bits per heavy atom. The maximum atomic E-state index is 11.7. The molecule has 1 aromatic carbocycles. The lowest BCUT2D eigenvalue weighted by molar-refractivity contribution is -0.125. The zero-order valence-electron chi connectivity index (χ0n) is 10.4. The van der Waals surface area contributed by atoms with Gasteiger partial charge in [-0.25, -0.2) is 4.79 Å². The molecule has 1 aliphatic rings. The van der Waals surface area contributed by atoms with E-state index in [0.29, 0.717) is 30.8 Å². The summed E-state index contributed by atoms with van der Waals surface area (Å²) in [5, 5.41) is 0. The minimum atomic E-state index is -0.307. The van der Waals surface area contributed by atoms with E-state index in [9.17, 15) is 9.59 Å². The third-order valence-electron chi connectivity index (χ3n) is 3.39. The molecule has 2 rings (SSSR count). The second-order valence-corrected chi connectivity index (χ2v) is 4.70.